The molecule has 27 heavy (non-hydrogen) atoms. The van der Waals surface area contributed by atoms with E-state index in [0.29, 0.717) is 18.2 Å². The maximum Gasteiger partial charge on any atom is 0.221 e. The Kier molecular flexibility index (Phi) is 5.98. The van der Waals surface area contributed by atoms with E-state index in [9.17, 15) is 4.57 Å². The lowest BCUT2D eigenvalue weighted by Gasteiger charge is -2.38. The smallest absolute Gasteiger partial charge is 0.221 e. The highest BCUT2D eigenvalue weighted by atomic mass is 31.2. The van der Waals surface area contributed by atoms with Crippen LogP contribution in [0.5, 0.6) is 0 Å². The number of nitrogens with zero attached hydrogens (tertiary/aromatic N) is 2. The van der Waals surface area contributed by atoms with Crippen molar-refractivity contribution >= 4 is 7.44 Å². The van der Waals surface area contributed by atoms with E-state index in [4.69, 9.17) is 0 Å². The summed E-state index contributed by atoms with van der Waals surface area (Å²) in [5, 5.41) is 0. The first-order chi connectivity index (χ1) is 12.5. The standard InChI is InChI=1S/C23H39N2OP/c1-22(2,3)17-24-20-14-10-11-15-21(20)25(18-23(4,5)6)27(24,26)16-19-12-8-7-9-13-19/h7-9,12-13,20-21H,10-11,14-18H2,1-6H3/t20-,21-/m1/s1. The van der Waals surface area contributed by atoms with Gasteiger partial charge in [-0.25, -0.2) is 9.34 Å². The summed E-state index contributed by atoms with van der Waals surface area (Å²) in [6.07, 6.45) is 5.61. The number of fused-ring (bicyclic) bond motifs is 1. The van der Waals surface area contributed by atoms with E-state index in [1.165, 1.54) is 31.2 Å². The Morgan fingerprint density at radius 1 is 0.852 bits per heavy atom. The second-order valence-corrected chi connectivity index (χ2v) is 13.7. The van der Waals surface area contributed by atoms with Crippen LogP contribution in [0.15, 0.2) is 30.3 Å². The van der Waals surface area contributed by atoms with Crippen molar-refractivity contribution in [3.8, 4) is 0 Å². The molecule has 3 nitrogen and oxygen atoms in total. The zero-order chi connectivity index (χ0) is 19.9. The van der Waals surface area contributed by atoms with Crippen LogP contribution in [0, 0.1) is 10.8 Å². The summed E-state index contributed by atoms with van der Waals surface area (Å²) in [5.74, 6) is 0. The van der Waals surface area contributed by atoms with Crippen molar-refractivity contribution in [3.05, 3.63) is 35.9 Å². The Bertz CT molecular complexity index is 638. The van der Waals surface area contributed by atoms with Crippen molar-refractivity contribution in [2.24, 2.45) is 10.8 Å². The van der Waals surface area contributed by atoms with Crippen LogP contribution in [0.3, 0.4) is 0 Å². The fourth-order valence-corrected chi connectivity index (χ4v) is 8.93. The molecule has 0 aromatic heterocycles. The first kappa shape index (κ1) is 21.1. The van der Waals surface area contributed by atoms with Crippen LogP contribution in [0.1, 0.15) is 72.8 Å². The van der Waals surface area contributed by atoms with Gasteiger partial charge < -0.3 is 0 Å². The Morgan fingerprint density at radius 2 is 1.30 bits per heavy atom. The van der Waals surface area contributed by atoms with Crippen molar-refractivity contribution in [1.82, 2.24) is 9.34 Å². The predicted octanol–water partition coefficient (Wildman–Crippen LogP) is 6.40. The predicted molar refractivity (Wildman–Crippen MR) is 116 cm³/mol. The van der Waals surface area contributed by atoms with E-state index in [-0.39, 0.29) is 10.8 Å². The molecule has 1 saturated heterocycles. The van der Waals surface area contributed by atoms with Crippen molar-refractivity contribution in [1.29, 1.82) is 0 Å². The van der Waals surface area contributed by atoms with Gasteiger partial charge in [-0.2, -0.15) is 0 Å². The highest BCUT2D eigenvalue weighted by Gasteiger charge is 2.55. The number of rotatable bonds is 4. The number of hydrogen-bond acceptors (Lipinski definition) is 1. The van der Waals surface area contributed by atoms with Crippen molar-refractivity contribution in [3.63, 3.8) is 0 Å². The van der Waals surface area contributed by atoms with Crippen LogP contribution < -0.4 is 0 Å². The molecule has 1 aliphatic heterocycles. The maximum atomic E-state index is 14.8. The molecule has 3 rings (SSSR count). The second-order valence-electron chi connectivity index (χ2n) is 11.0. The fourth-order valence-electron chi connectivity index (χ4n) is 4.83. The average molecular weight is 391 g/mol. The molecule has 2 aliphatic rings. The van der Waals surface area contributed by atoms with Gasteiger partial charge in [-0.3, -0.25) is 4.57 Å². The summed E-state index contributed by atoms with van der Waals surface area (Å²) in [4.78, 5) is 0. The third kappa shape index (κ3) is 4.86. The summed E-state index contributed by atoms with van der Waals surface area (Å²) in [5.41, 5.74) is 1.50. The lowest BCUT2D eigenvalue weighted by atomic mass is 9.87. The normalized spacial score (nSPS) is 26.9. The van der Waals surface area contributed by atoms with Crippen LogP contribution in [0.25, 0.3) is 0 Å². The van der Waals surface area contributed by atoms with Gasteiger partial charge in [-0.05, 0) is 29.2 Å². The van der Waals surface area contributed by atoms with E-state index in [1.54, 1.807) is 0 Å². The maximum absolute atomic E-state index is 14.8. The lowest BCUT2D eigenvalue weighted by Crippen LogP contribution is -2.43. The molecule has 2 fully saturated rings. The van der Waals surface area contributed by atoms with Gasteiger partial charge in [0.05, 0.1) is 6.16 Å². The van der Waals surface area contributed by atoms with E-state index in [2.05, 4.69) is 75.1 Å². The molecule has 152 valence electrons. The minimum Gasteiger partial charge on any atom is -0.288 e. The molecule has 2 atom stereocenters. The SMILES string of the molecule is CC(C)(C)CN1[C@@H]2CCCC[C@H]2N(CC(C)(C)C)P1(=O)Cc1ccccc1. The zero-order valence-electron chi connectivity index (χ0n) is 18.2. The van der Waals surface area contributed by atoms with Gasteiger partial charge in [0.2, 0.25) is 7.44 Å². The monoisotopic (exact) mass is 390 g/mol. The van der Waals surface area contributed by atoms with Crippen LogP contribution in [0.2, 0.25) is 0 Å². The largest absolute Gasteiger partial charge is 0.288 e. The summed E-state index contributed by atoms with van der Waals surface area (Å²) in [6, 6.07) is 11.4. The third-order valence-corrected chi connectivity index (χ3v) is 9.03. The Hall–Kier alpha value is -0.630. The molecule has 4 heteroatoms. The van der Waals surface area contributed by atoms with Gasteiger partial charge in [-0.15, -0.1) is 0 Å². The molecular weight excluding hydrogens is 351 g/mol. The second kappa shape index (κ2) is 7.65. The molecule has 1 aromatic rings. The Labute approximate surface area is 167 Å². The van der Waals surface area contributed by atoms with E-state index in [1.807, 2.05) is 6.07 Å². The highest BCUT2D eigenvalue weighted by Crippen LogP contribution is 2.66. The molecule has 1 heterocycles. The van der Waals surface area contributed by atoms with Gasteiger partial charge in [0.25, 0.3) is 0 Å². The molecule has 0 N–H and O–H groups in total. The number of benzene rings is 1. The van der Waals surface area contributed by atoms with Gasteiger partial charge in [0.15, 0.2) is 0 Å². The topological polar surface area (TPSA) is 23.6 Å². The molecule has 0 unspecified atom stereocenters. The first-order valence-electron chi connectivity index (χ1n) is 10.7. The molecule has 0 spiro atoms. The van der Waals surface area contributed by atoms with Crippen LogP contribution in [-0.4, -0.2) is 34.5 Å². The Balaban J connectivity index is 2.03. The van der Waals surface area contributed by atoms with E-state index >= 15 is 0 Å². The van der Waals surface area contributed by atoms with Crippen LogP contribution >= 0.6 is 7.44 Å². The summed E-state index contributed by atoms with van der Waals surface area (Å²) >= 11 is 0. The summed E-state index contributed by atoms with van der Waals surface area (Å²) in [7, 11) is -2.64. The van der Waals surface area contributed by atoms with Gasteiger partial charge >= 0.3 is 0 Å². The summed E-state index contributed by atoms with van der Waals surface area (Å²) < 4.78 is 19.8. The van der Waals surface area contributed by atoms with Gasteiger partial charge in [0, 0.05) is 25.2 Å². The molecule has 1 aromatic carbocycles. The highest BCUT2D eigenvalue weighted by molar-refractivity contribution is 7.58. The lowest BCUT2D eigenvalue weighted by molar-refractivity contribution is 0.159. The minimum absolute atomic E-state index is 0.145. The first-order valence-corrected chi connectivity index (χ1v) is 12.5. The van der Waals surface area contributed by atoms with Gasteiger partial charge in [0.1, 0.15) is 0 Å². The fraction of sp³-hybridized carbons (Fsp3) is 0.739. The molecule has 0 bridgehead atoms. The molecular formula is C23H39N2OP. The van der Waals surface area contributed by atoms with E-state index in [0.717, 1.165) is 13.1 Å². The zero-order valence-corrected chi connectivity index (χ0v) is 19.1. The van der Waals surface area contributed by atoms with Crippen LogP contribution in [-0.2, 0) is 10.7 Å². The minimum atomic E-state index is -2.64. The van der Waals surface area contributed by atoms with Crippen LogP contribution in [0.4, 0.5) is 0 Å². The molecule has 0 amide bonds. The quantitative estimate of drug-likeness (QED) is 0.556. The molecule has 0 radical (unpaired) electrons. The molecule has 1 saturated carbocycles. The van der Waals surface area contributed by atoms with Crippen molar-refractivity contribution < 1.29 is 4.57 Å². The van der Waals surface area contributed by atoms with Gasteiger partial charge in [-0.1, -0.05) is 84.7 Å². The third-order valence-electron chi connectivity index (χ3n) is 5.77. The average Bonchev–Trinajstić information content (AvgIpc) is 2.76. The number of hydrogen-bond donors (Lipinski definition) is 0. The van der Waals surface area contributed by atoms with Crippen molar-refractivity contribution in [2.75, 3.05) is 13.1 Å². The Morgan fingerprint density at radius 3 is 1.70 bits per heavy atom. The van der Waals surface area contributed by atoms with Crippen molar-refractivity contribution in [2.45, 2.75) is 85.5 Å². The summed E-state index contributed by atoms with van der Waals surface area (Å²) in [6.45, 7) is 15.5. The van der Waals surface area contributed by atoms with E-state index < -0.39 is 7.44 Å². The molecule has 1 aliphatic carbocycles.